The van der Waals surface area contributed by atoms with Crippen LogP contribution < -0.4 is 4.74 Å². The molecule has 3 heterocycles. The fourth-order valence-electron chi connectivity index (χ4n) is 5.00. The summed E-state index contributed by atoms with van der Waals surface area (Å²) in [5, 5.41) is 0. The third kappa shape index (κ3) is 4.19. The number of hydrogen-bond acceptors (Lipinski definition) is 5. The molecule has 1 amide bonds. The van der Waals surface area contributed by atoms with E-state index in [2.05, 4.69) is 15.0 Å². The van der Waals surface area contributed by atoms with Crippen molar-refractivity contribution >= 4 is 5.91 Å². The SMILES string of the molecule is C[C@@H]1[C@H]2C[C@@H](Oc3ccc(C(F)(F)F)c(F)n3)[C@H](C2)N1C(=O)c1ccccc1-c1ncc(F)cn1. The molecular formula is C24H19F5N4O2. The van der Waals surface area contributed by atoms with Crippen molar-refractivity contribution in [1.29, 1.82) is 0 Å². The Morgan fingerprint density at radius 3 is 2.43 bits per heavy atom. The number of hydrogen-bond donors (Lipinski definition) is 0. The minimum Gasteiger partial charge on any atom is -0.472 e. The Hall–Kier alpha value is -3.63. The van der Waals surface area contributed by atoms with Crippen LogP contribution in [-0.4, -0.2) is 43.9 Å². The summed E-state index contributed by atoms with van der Waals surface area (Å²) in [5.74, 6) is -2.53. The number of fused-ring (bicyclic) bond motifs is 2. The van der Waals surface area contributed by atoms with E-state index >= 15 is 0 Å². The fraction of sp³-hybridized carbons (Fsp3) is 0.333. The van der Waals surface area contributed by atoms with Gasteiger partial charge in [0.05, 0.1) is 24.0 Å². The number of nitrogens with zero attached hydrogens (tertiary/aromatic N) is 4. The van der Waals surface area contributed by atoms with Crippen LogP contribution in [0.4, 0.5) is 22.0 Å². The highest BCUT2D eigenvalue weighted by Crippen LogP contribution is 2.45. The monoisotopic (exact) mass is 490 g/mol. The van der Waals surface area contributed by atoms with E-state index in [0.29, 0.717) is 30.0 Å². The number of carbonyl (C=O) groups is 1. The molecule has 1 saturated heterocycles. The van der Waals surface area contributed by atoms with Gasteiger partial charge in [0.2, 0.25) is 11.8 Å². The Morgan fingerprint density at radius 2 is 1.77 bits per heavy atom. The van der Waals surface area contributed by atoms with Gasteiger partial charge in [-0.3, -0.25) is 4.79 Å². The highest BCUT2D eigenvalue weighted by molar-refractivity contribution is 6.00. The average Bonchev–Trinajstić information content (AvgIpc) is 3.36. The number of carbonyl (C=O) groups excluding carboxylic acids is 1. The molecular weight excluding hydrogens is 471 g/mol. The lowest BCUT2D eigenvalue weighted by atomic mass is 9.97. The van der Waals surface area contributed by atoms with Crippen LogP contribution in [0.3, 0.4) is 0 Å². The lowest BCUT2D eigenvalue weighted by molar-refractivity contribution is -0.140. The first-order valence-corrected chi connectivity index (χ1v) is 10.9. The average molecular weight is 490 g/mol. The number of pyridine rings is 1. The summed E-state index contributed by atoms with van der Waals surface area (Å²) in [4.78, 5) is 26.6. The number of ether oxygens (including phenoxy) is 1. The molecule has 4 atom stereocenters. The van der Waals surface area contributed by atoms with Gasteiger partial charge >= 0.3 is 6.18 Å². The first-order valence-electron chi connectivity index (χ1n) is 10.9. The maximum Gasteiger partial charge on any atom is 0.420 e. The van der Waals surface area contributed by atoms with Crippen LogP contribution in [0, 0.1) is 17.7 Å². The Balaban J connectivity index is 1.40. The number of rotatable bonds is 4. The first-order chi connectivity index (χ1) is 16.6. The Morgan fingerprint density at radius 1 is 1.06 bits per heavy atom. The highest BCUT2D eigenvalue weighted by atomic mass is 19.4. The molecule has 182 valence electrons. The third-order valence-corrected chi connectivity index (χ3v) is 6.64. The van der Waals surface area contributed by atoms with Crippen molar-refractivity contribution in [3.8, 4) is 17.3 Å². The summed E-state index contributed by atoms with van der Waals surface area (Å²) in [6.45, 7) is 1.92. The quantitative estimate of drug-likeness (QED) is 0.384. The lowest BCUT2D eigenvalue weighted by Gasteiger charge is -2.38. The number of aromatic nitrogens is 3. The first kappa shape index (κ1) is 23.1. The summed E-state index contributed by atoms with van der Waals surface area (Å²) in [5.41, 5.74) is -0.699. The van der Waals surface area contributed by atoms with Crippen LogP contribution in [0.15, 0.2) is 48.8 Å². The summed E-state index contributed by atoms with van der Waals surface area (Å²) < 4.78 is 71.5. The van der Waals surface area contributed by atoms with Crippen LogP contribution in [-0.2, 0) is 6.18 Å². The molecule has 0 radical (unpaired) electrons. The molecule has 2 aliphatic rings. The molecule has 6 nitrogen and oxygen atoms in total. The number of likely N-dealkylation sites (tertiary alicyclic amines) is 1. The van der Waals surface area contributed by atoms with Crippen LogP contribution in [0.2, 0.25) is 0 Å². The van der Waals surface area contributed by atoms with Crippen molar-refractivity contribution in [1.82, 2.24) is 19.9 Å². The van der Waals surface area contributed by atoms with E-state index in [9.17, 15) is 26.7 Å². The van der Waals surface area contributed by atoms with E-state index in [0.717, 1.165) is 18.5 Å². The molecule has 11 heteroatoms. The van der Waals surface area contributed by atoms with Gasteiger partial charge in [0.15, 0.2) is 11.6 Å². The highest BCUT2D eigenvalue weighted by Gasteiger charge is 2.53. The zero-order valence-corrected chi connectivity index (χ0v) is 18.3. The van der Waals surface area contributed by atoms with E-state index in [-0.39, 0.29) is 35.6 Å². The van der Waals surface area contributed by atoms with Gasteiger partial charge in [0.25, 0.3) is 5.91 Å². The molecule has 0 N–H and O–H groups in total. The topological polar surface area (TPSA) is 68.2 Å². The number of halogens is 5. The number of amides is 1. The Labute approximate surface area is 196 Å². The van der Waals surface area contributed by atoms with Gasteiger partial charge in [-0.15, -0.1) is 0 Å². The molecule has 1 aromatic carbocycles. The van der Waals surface area contributed by atoms with E-state index in [4.69, 9.17) is 4.74 Å². The summed E-state index contributed by atoms with van der Waals surface area (Å²) in [6.07, 6.45) is -2.19. The molecule has 2 aromatic heterocycles. The second-order valence-corrected chi connectivity index (χ2v) is 8.66. The minimum absolute atomic E-state index is 0.0995. The molecule has 2 bridgehead atoms. The summed E-state index contributed by atoms with van der Waals surface area (Å²) >= 11 is 0. The molecule has 2 fully saturated rings. The zero-order chi connectivity index (χ0) is 24.9. The van der Waals surface area contributed by atoms with Gasteiger partial charge in [-0.1, -0.05) is 18.2 Å². The van der Waals surface area contributed by atoms with Crippen molar-refractivity contribution < 1.29 is 31.5 Å². The van der Waals surface area contributed by atoms with E-state index in [1.165, 1.54) is 0 Å². The lowest BCUT2D eigenvalue weighted by Crippen LogP contribution is -2.51. The van der Waals surface area contributed by atoms with Crippen molar-refractivity contribution in [2.24, 2.45) is 5.92 Å². The normalized spacial score (nSPS) is 23.5. The van der Waals surface area contributed by atoms with Gasteiger partial charge in [-0.25, -0.2) is 14.4 Å². The predicted molar refractivity (Wildman–Crippen MR) is 113 cm³/mol. The fourth-order valence-corrected chi connectivity index (χ4v) is 5.00. The molecule has 1 saturated carbocycles. The maximum atomic E-state index is 13.9. The molecule has 3 aromatic rings. The number of alkyl halides is 3. The van der Waals surface area contributed by atoms with E-state index < -0.39 is 29.6 Å². The van der Waals surface area contributed by atoms with Crippen LogP contribution in [0.1, 0.15) is 35.7 Å². The molecule has 35 heavy (non-hydrogen) atoms. The van der Waals surface area contributed by atoms with Crippen LogP contribution >= 0.6 is 0 Å². The molecule has 0 unspecified atom stereocenters. The summed E-state index contributed by atoms with van der Waals surface area (Å²) in [7, 11) is 0. The van der Waals surface area contributed by atoms with E-state index in [1.807, 2.05) is 6.92 Å². The van der Waals surface area contributed by atoms with Gasteiger partial charge in [0, 0.05) is 17.7 Å². The van der Waals surface area contributed by atoms with Crippen molar-refractivity contribution in [2.45, 2.75) is 44.1 Å². The minimum atomic E-state index is -4.86. The van der Waals surface area contributed by atoms with Gasteiger partial charge in [-0.2, -0.15) is 22.5 Å². The van der Waals surface area contributed by atoms with Gasteiger partial charge < -0.3 is 9.64 Å². The van der Waals surface area contributed by atoms with Crippen LogP contribution in [0.5, 0.6) is 5.88 Å². The van der Waals surface area contributed by atoms with Gasteiger partial charge in [0.1, 0.15) is 11.7 Å². The summed E-state index contributed by atoms with van der Waals surface area (Å²) in [6, 6.07) is 7.79. The Bertz CT molecular complexity index is 1270. The zero-order valence-electron chi connectivity index (χ0n) is 18.3. The largest absolute Gasteiger partial charge is 0.472 e. The van der Waals surface area contributed by atoms with Crippen molar-refractivity contribution in [3.05, 3.63) is 71.7 Å². The maximum absolute atomic E-state index is 13.9. The van der Waals surface area contributed by atoms with Crippen molar-refractivity contribution in [3.63, 3.8) is 0 Å². The second-order valence-electron chi connectivity index (χ2n) is 8.66. The van der Waals surface area contributed by atoms with E-state index in [1.54, 1.807) is 29.2 Å². The number of benzene rings is 1. The molecule has 1 aliphatic heterocycles. The number of piperidine rings is 1. The third-order valence-electron chi connectivity index (χ3n) is 6.64. The predicted octanol–water partition coefficient (Wildman–Crippen LogP) is 4.91. The van der Waals surface area contributed by atoms with Crippen molar-refractivity contribution in [2.75, 3.05) is 0 Å². The smallest absolute Gasteiger partial charge is 0.420 e. The molecule has 1 aliphatic carbocycles. The molecule has 5 rings (SSSR count). The molecule has 0 spiro atoms. The second kappa shape index (κ2) is 8.54. The van der Waals surface area contributed by atoms with Crippen LogP contribution in [0.25, 0.3) is 11.4 Å². The van der Waals surface area contributed by atoms with Gasteiger partial charge in [-0.05, 0) is 37.8 Å². The Kier molecular flexibility index (Phi) is 5.65. The standard InChI is InChI=1S/C24H19F5N4O2/c1-12-13-8-18(19(9-13)35-20-7-6-17(21(26)32-20)24(27,28)29)33(12)23(34)16-5-3-2-4-15(16)22-30-10-14(25)11-31-22/h2-7,10-13,18-19H,8-9H2,1H3/t12-,13-,18+,19-/m1/s1.